The van der Waals surface area contributed by atoms with Gasteiger partial charge in [0.1, 0.15) is 5.75 Å². The molecule has 1 aliphatic carbocycles. The van der Waals surface area contributed by atoms with Crippen LogP contribution in [0.2, 0.25) is 0 Å². The highest BCUT2D eigenvalue weighted by atomic mass is 16.5. The number of aryl methyl sites for hydroxylation is 1. The molecule has 2 heterocycles. The lowest BCUT2D eigenvalue weighted by atomic mass is 9.92. The van der Waals surface area contributed by atoms with Crippen LogP contribution < -0.4 is 10.1 Å². The van der Waals surface area contributed by atoms with Gasteiger partial charge in [-0.2, -0.15) is 0 Å². The zero-order chi connectivity index (χ0) is 30.2. The van der Waals surface area contributed by atoms with E-state index in [2.05, 4.69) is 31.0 Å². The topological polar surface area (TPSA) is 91.4 Å². The number of benzene rings is 1. The number of nitrogens with zero attached hydrogens (tertiary/aromatic N) is 3. The van der Waals surface area contributed by atoms with E-state index in [4.69, 9.17) is 9.47 Å². The van der Waals surface area contributed by atoms with Gasteiger partial charge in [0.15, 0.2) is 0 Å². The fourth-order valence-corrected chi connectivity index (χ4v) is 6.56. The Hall–Kier alpha value is -2.65. The van der Waals surface area contributed by atoms with Gasteiger partial charge in [-0.15, -0.1) is 0 Å². The Morgan fingerprint density at radius 2 is 1.81 bits per heavy atom. The molecule has 2 aliphatic heterocycles. The first kappa shape index (κ1) is 32.3. The molecule has 4 rings (SSSR count). The van der Waals surface area contributed by atoms with Crippen molar-refractivity contribution in [2.45, 2.75) is 90.8 Å². The smallest absolute Gasteiger partial charge is 0.254 e. The summed E-state index contributed by atoms with van der Waals surface area (Å²) in [5.74, 6) is 1.63. The molecule has 3 fully saturated rings. The molecule has 0 spiro atoms. The summed E-state index contributed by atoms with van der Waals surface area (Å²) in [6.07, 6.45) is 6.07. The van der Waals surface area contributed by atoms with Crippen LogP contribution in [0.4, 0.5) is 0 Å². The third-order valence-corrected chi connectivity index (χ3v) is 9.16. The summed E-state index contributed by atoms with van der Waals surface area (Å²) in [5.41, 5.74) is 1.73. The summed E-state index contributed by atoms with van der Waals surface area (Å²) in [6.45, 7) is 12.7. The second-order valence-corrected chi connectivity index (χ2v) is 12.6. The van der Waals surface area contributed by atoms with Crippen LogP contribution in [0.1, 0.15) is 82.1 Å². The van der Waals surface area contributed by atoms with E-state index in [0.717, 1.165) is 76.0 Å². The summed E-state index contributed by atoms with van der Waals surface area (Å²) in [7, 11) is 1.68. The third kappa shape index (κ3) is 8.25. The number of likely N-dealkylation sites (tertiary alicyclic amines) is 1. The van der Waals surface area contributed by atoms with Crippen molar-refractivity contribution in [1.82, 2.24) is 20.0 Å². The number of hydrogen-bond donors (Lipinski definition) is 1. The second kappa shape index (κ2) is 15.2. The zero-order valence-electron chi connectivity index (χ0n) is 26.4. The van der Waals surface area contributed by atoms with Gasteiger partial charge >= 0.3 is 0 Å². The lowest BCUT2D eigenvalue weighted by Gasteiger charge is -2.38. The summed E-state index contributed by atoms with van der Waals surface area (Å²) in [5, 5.41) is 3.53. The molecule has 2 atom stereocenters. The Labute approximate surface area is 252 Å². The number of piperidine rings is 1. The molecule has 2 saturated heterocycles. The van der Waals surface area contributed by atoms with Crippen molar-refractivity contribution < 1.29 is 23.9 Å². The van der Waals surface area contributed by atoms with Crippen LogP contribution in [0.15, 0.2) is 18.2 Å². The van der Waals surface area contributed by atoms with Crippen LogP contribution in [0, 0.1) is 11.8 Å². The van der Waals surface area contributed by atoms with Crippen LogP contribution in [-0.2, 0) is 20.7 Å². The molecule has 42 heavy (non-hydrogen) atoms. The van der Waals surface area contributed by atoms with Gasteiger partial charge < -0.3 is 29.5 Å². The molecule has 1 aromatic carbocycles. The number of ether oxygens (including phenoxy) is 2. The van der Waals surface area contributed by atoms with Crippen LogP contribution in [0.3, 0.4) is 0 Å². The molecule has 3 aliphatic rings. The maximum atomic E-state index is 14.1. The van der Waals surface area contributed by atoms with Crippen LogP contribution >= 0.6 is 0 Å². The molecular formula is C33H52N4O5. The fraction of sp³-hybridized carbons (Fsp3) is 0.727. The highest BCUT2D eigenvalue weighted by molar-refractivity contribution is 5.95. The Kier molecular flexibility index (Phi) is 11.7. The van der Waals surface area contributed by atoms with Crippen molar-refractivity contribution >= 4 is 17.7 Å². The van der Waals surface area contributed by atoms with Crippen LogP contribution in [0.25, 0.3) is 0 Å². The fourth-order valence-electron chi connectivity index (χ4n) is 6.56. The van der Waals surface area contributed by atoms with Gasteiger partial charge in [-0.3, -0.25) is 14.4 Å². The van der Waals surface area contributed by atoms with Gasteiger partial charge in [0, 0.05) is 89.8 Å². The molecule has 9 heteroatoms. The minimum Gasteiger partial charge on any atom is -0.493 e. The van der Waals surface area contributed by atoms with E-state index < -0.39 is 0 Å². The molecule has 1 aromatic rings. The molecule has 0 bridgehead atoms. The molecule has 3 amide bonds. The zero-order valence-corrected chi connectivity index (χ0v) is 26.4. The number of carbonyl (C=O) groups excluding carboxylic acids is 3. The molecule has 0 aromatic heterocycles. The lowest BCUT2D eigenvalue weighted by Crippen LogP contribution is -2.51. The predicted octanol–water partition coefficient (Wildman–Crippen LogP) is 3.74. The maximum absolute atomic E-state index is 14.1. The standard InChI is InChI=1S/C33H52N4O5/c1-6-26-8-9-27(19-31(26)42-17-7-16-41-5)33(40)37(23(2)3)30-21-34-20-28(30)22-36(29-10-11-29)32(39)18-25-12-14-35(15-13-25)24(4)38/h8-9,19,23,25,28-30,34H,6-7,10-18,20-22H2,1-5H3/t28-,30+/m0/s1. The highest BCUT2D eigenvalue weighted by Gasteiger charge is 2.41. The van der Waals surface area contributed by atoms with Gasteiger partial charge in [0.25, 0.3) is 5.91 Å². The van der Waals surface area contributed by atoms with Crippen molar-refractivity contribution in [2.75, 3.05) is 53.0 Å². The number of hydrogen-bond acceptors (Lipinski definition) is 6. The van der Waals surface area contributed by atoms with Gasteiger partial charge in [-0.05, 0) is 69.6 Å². The predicted molar refractivity (Wildman–Crippen MR) is 164 cm³/mol. The summed E-state index contributed by atoms with van der Waals surface area (Å²) in [6, 6.07) is 6.17. The van der Waals surface area contributed by atoms with E-state index in [1.54, 1.807) is 14.0 Å². The first-order valence-electron chi connectivity index (χ1n) is 16.1. The van der Waals surface area contributed by atoms with E-state index in [9.17, 15) is 14.4 Å². The van der Waals surface area contributed by atoms with E-state index in [1.165, 1.54) is 0 Å². The molecule has 9 nitrogen and oxygen atoms in total. The van der Waals surface area contributed by atoms with Gasteiger partial charge in [0.05, 0.1) is 12.6 Å². The van der Waals surface area contributed by atoms with Crippen molar-refractivity contribution in [3.63, 3.8) is 0 Å². The number of carbonyl (C=O) groups is 3. The Bertz CT molecular complexity index is 1070. The van der Waals surface area contributed by atoms with Crippen molar-refractivity contribution in [3.05, 3.63) is 29.3 Å². The van der Waals surface area contributed by atoms with Crippen LogP contribution in [0.5, 0.6) is 5.75 Å². The summed E-state index contributed by atoms with van der Waals surface area (Å²) in [4.78, 5) is 45.4. The quantitative estimate of drug-likeness (QED) is 0.335. The SMILES string of the molecule is CCc1ccc(C(=O)N(C(C)C)[C@@H]2CNC[C@H]2CN(C(=O)CC2CCN(C(C)=O)CC2)C2CC2)cc1OCCCOC. The average Bonchev–Trinajstić information content (AvgIpc) is 3.72. The molecule has 0 unspecified atom stereocenters. The summed E-state index contributed by atoms with van der Waals surface area (Å²) >= 11 is 0. The number of methoxy groups -OCH3 is 1. The molecular weight excluding hydrogens is 532 g/mol. The molecule has 0 radical (unpaired) electrons. The van der Waals surface area contributed by atoms with Gasteiger partial charge in [0.2, 0.25) is 11.8 Å². The van der Waals surface area contributed by atoms with Gasteiger partial charge in [-0.1, -0.05) is 13.0 Å². The van der Waals surface area contributed by atoms with Crippen molar-refractivity contribution in [1.29, 1.82) is 0 Å². The first-order valence-corrected chi connectivity index (χ1v) is 16.1. The normalized spacial score (nSPS) is 21.0. The van der Waals surface area contributed by atoms with Crippen LogP contribution in [-0.4, -0.2) is 104 Å². The highest BCUT2D eigenvalue weighted by Crippen LogP contribution is 2.33. The van der Waals surface area contributed by atoms with E-state index in [1.807, 2.05) is 28.0 Å². The maximum Gasteiger partial charge on any atom is 0.254 e. The minimum absolute atomic E-state index is 0.00211. The Balaban J connectivity index is 1.44. The summed E-state index contributed by atoms with van der Waals surface area (Å²) < 4.78 is 11.2. The minimum atomic E-state index is 0.00211. The van der Waals surface area contributed by atoms with E-state index >= 15 is 0 Å². The van der Waals surface area contributed by atoms with E-state index in [-0.39, 0.29) is 35.7 Å². The average molecular weight is 585 g/mol. The number of rotatable bonds is 14. The largest absolute Gasteiger partial charge is 0.493 e. The first-order chi connectivity index (χ1) is 20.2. The number of nitrogens with one attached hydrogen (secondary N) is 1. The number of amides is 3. The monoisotopic (exact) mass is 584 g/mol. The van der Waals surface area contributed by atoms with Crippen molar-refractivity contribution in [3.8, 4) is 5.75 Å². The lowest BCUT2D eigenvalue weighted by molar-refractivity contribution is -0.134. The molecule has 234 valence electrons. The Morgan fingerprint density at radius 3 is 2.43 bits per heavy atom. The second-order valence-electron chi connectivity index (χ2n) is 12.6. The van der Waals surface area contributed by atoms with E-state index in [0.29, 0.717) is 43.7 Å². The van der Waals surface area contributed by atoms with Gasteiger partial charge in [-0.25, -0.2) is 0 Å². The molecule has 1 saturated carbocycles. The third-order valence-electron chi connectivity index (χ3n) is 9.16. The van der Waals surface area contributed by atoms with Crippen molar-refractivity contribution in [2.24, 2.45) is 11.8 Å². The molecule has 1 N–H and O–H groups in total. The Morgan fingerprint density at radius 1 is 1.07 bits per heavy atom.